The molecule has 0 saturated carbocycles. The van der Waals surface area contributed by atoms with Crippen molar-refractivity contribution in [3.63, 3.8) is 0 Å². The van der Waals surface area contributed by atoms with Crippen molar-refractivity contribution >= 4 is 27.6 Å². The van der Waals surface area contributed by atoms with Crippen molar-refractivity contribution in [2.75, 3.05) is 5.73 Å². The fourth-order valence-corrected chi connectivity index (χ4v) is 2.68. The van der Waals surface area contributed by atoms with E-state index in [2.05, 4.69) is 26.0 Å². The molecule has 5 heteroatoms. The van der Waals surface area contributed by atoms with Gasteiger partial charge in [0, 0.05) is 34.4 Å². The maximum Gasteiger partial charge on any atom is 0.278 e. The van der Waals surface area contributed by atoms with Crippen molar-refractivity contribution in [1.82, 2.24) is 15.0 Å². The lowest BCUT2D eigenvalue weighted by molar-refractivity contribution is -0.358. The van der Waals surface area contributed by atoms with Crippen LogP contribution in [0.25, 0.3) is 33.1 Å². The molecule has 0 unspecified atom stereocenters. The van der Waals surface area contributed by atoms with Crippen LogP contribution in [0.15, 0.2) is 42.9 Å². The maximum atomic E-state index is 6.01. The van der Waals surface area contributed by atoms with E-state index in [0.717, 1.165) is 38.8 Å². The van der Waals surface area contributed by atoms with E-state index in [1.54, 1.807) is 6.20 Å². The second-order valence-corrected chi connectivity index (χ2v) is 5.06. The predicted molar refractivity (Wildman–Crippen MR) is 82.5 cm³/mol. The molecule has 0 aliphatic heterocycles. The molecule has 0 saturated heterocycles. The lowest BCUT2D eigenvalue weighted by atomic mass is 10.1. The van der Waals surface area contributed by atoms with Gasteiger partial charge in [-0.05, 0) is 31.2 Å². The molecule has 5 nitrogen and oxygen atoms in total. The number of aryl methyl sites for hydroxylation is 1. The number of H-pyrrole nitrogens is 2. The fourth-order valence-electron chi connectivity index (χ4n) is 2.68. The number of hydrogen-bond donors (Lipinski definition) is 2. The molecule has 0 aliphatic carbocycles. The quantitative estimate of drug-likeness (QED) is 0.560. The minimum Gasteiger partial charge on any atom is -0.345 e. The number of anilines is 1. The Morgan fingerprint density at radius 3 is 2.90 bits per heavy atom. The number of nitrogens with two attached hydrogens (primary N) is 1. The Kier molecular flexibility index (Phi) is 2.41. The number of fused-ring (bicyclic) bond motifs is 2. The lowest BCUT2D eigenvalue weighted by Crippen LogP contribution is -2.09. The molecule has 102 valence electrons. The van der Waals surface area contributed by atoms with Crippen molar-refractivity contribution in [3.05, 3.63) is 48.5 Å². The Morgan fingerprint density at radius 1 is 1.10 bits per heavy atom. The minimum absolute atomic E-state index is 0.643. The summed E-state index contributed by atoms with van der Waals surface area (Å²) in [6.45, 7) is 1.98. The third-order valence-electron chi connectivity index (χ3n) is 3.70. The molecule has 4 heterocycles. The van der Waals surface area contributed by atoms with Gasteiger partial charge in [0.1, 0.15) is 5.65 Å². The Bertz CT molecular complexity index is 971. The van der Waals surface area contributed by atoms with Crippen LogP contribution in [0.4, 0.5) is 5.82 Å². The summed E-state index contributed by atoms with van der Waals surface area (Å²) in [5, 5.41) is 3.05. The monoisotopic (exact) mass is 276 g/mol. The summed E-state index contributed by atoms with van der Waals surface area (Å²) in [4.78, 5) is 15.3. The molecule has 4 rings (SSSR count). The van der Waals surface area contributed by atoms with Crippen LogP contribution in [-0.4, -0.2) is 15.0 Å². The Balaban J connectivity index is 2.07. The van der Waals surface area contributed by atoms with Gasteiger partial charge in [0.25, 0.3) is 5.82 Å². The van der Waals surface area contributed by atoms with Gasteiger partial charge in [-0.15, -0.1) is 0 Å². The van der Waals surface area contributed by atoms with Crippen LogP contribution >= 0.6 is 0 Å². The van der Waals surface area contributed by atoms with Crippen LogP contribution in [0, 0.1) is 6.92 Å². The van der Waals surface area contributed by atoms with E-state index < -0.39 is 0 Å². The van der Waals surface area contributed by atoms with Crippen molar-refractivity contribution in [2.45, 2.75) is 6.92 Å². The Hall–Kier alpha value is -2.95. The summed E-state index contributed by atoms with van der Waals surface area (Å²) in [7, 11) is 0. The Morgan fingerprint density at radius 2 is 2.00 bits per heavy atom. The first-order valence-electron chi connectivity index (χ1n) is 6.74. The summed E-state index contributed by atoms with van der Waals surface area (Å²) in [5.74, 6) is 0.643. The molecule has 0 fully saturated rings. The highest BCUT2D eigenvalue weighted by molar-refractivity contribution is 6.04. The van der Waals surface area contributed by atoms with Gasteiger partial charge < -0.3 is 4.98 Å². The molecule has 4 aromatic rings. The van der Waals surface area contributed by atoms with Crippen molar-refractivity contribution in [2.24, 2.45) is 0 Å². The van der Waals surface area contributed by atoms with Crippen LogP contribution < -0.4 is 10.7 Å². The molecule has 0 spiro atoms. The number of nitrogens with zero attached hydrogens (tertiary/aromatic N) is 2. The molecule has 4 N–H and O–H groups in total. The van der Waals surface area contributed by atoms with Gasteiger partial charge in [0.15, 0.2) is 0 Å². The smallest absolute Gasteiger partial charge is 0.278 e. The molecule has 4 aromatic heterocycles. The van der Waals surface area contributed by atoms with E-state index >= 15 is 0 Å². The molecule has 0 aliphatic rings. The highest BCUT2D eigenvalue weighted by Gasteiger charge is 2.13. The summed E-state index contributed by atoms with van der Waals surface area (Å²) in [6.07, 6.45) is 5.56. The number of nitrogen functional groups attached to an aromatic ring is 1. The number of aromatic amines is 2. The number of pyridine rings is 3. The average Bonchev–Trinajstić information content (AvgIpc) is 2.90. The third-order valence-corrected chi connectivity index (χ3v) is 3.70. The number of hydrogen-bond acceptors (Lipinski definition) is 3. The van der Waals surface area contributed by atoms with E-state index in [4.69, 9.17) is 5.73 Å². The van der Waals surface area contributed by atoms with Gasteiger partial charge in [0.05, 0.1) is 17.3 Å². The van der Waals surface area contributed by atoms with Crippen LogP contribution in [0.5, 0.6) is 0 Å². The van der Waals surface area contributed by atoms with Gasteiger partial charge in [-0.3, -0.25) is 10.7 Å². The first-order chi connectivity index (χ1) is 10.2. The van der Waals surface area contributed by atoms with Crippen molar-refractivity contribution in [3.8, 4) is 11.3 Å². The van der Waals surface area contributed by atoms with Crippen LogP contribution in [-0.2, 0) is 0 Å². The normalized spacial score (nSPS) is 11.3. The minimum atomic E-state index is 0.643. The summed E-state index contributed by atoms with van der Waals surface area (Å²) in [5.41, 5.74) is 9.81. The first-order valence-corrected chi connectivity index (χ1v) is 6.74. The first kappa shape index (κ1) is 11.8. The number of aromatic nitrogens is 4. The molecular weight excluding hydrogens is 262 g/mol. The second-order valence-electron chi connectivity index (χ2n) is 5.06. The highest BCUT2D eigenvalue weighted by atomic mass is 14.9. The van der Waals surface area contributed by atoms with E-state index in [9.17, 15) is 0 Å². The molecule has 0 bridgehead atoms. The molecule has 0 radical (unpaired) electrons. The zero-order chi connectivity index (χ0) is 14.4. The highest BCUT2D eigenvalue weighted by Crippen LogP contribution is 2.32. The topological polar surface area (TPSA) is 81.7 Å². The maximum absolute atomic E-state index is 6.01. The second kappa shape index (κ2) is 4.28. The summed E-state index contributed by atoms with van der Waals surface area (Å²) >= 11 is 0. The van der Waals surface area contributed by atoms with E-state index in [1.165, 1.54) is 0 Å². The van der Waals surface area contributed by atoms with Crippen LogP contribution in [0.2, 0.25) is 0 Å². The Labute approximate surface area is 120 Å². The van der Waals surface area contributed by atoms with Crippen molar-refractivity contribution < 1.29 is 4.98 Å². The molecule has 21 heavy (non-hydrogen) atoms. The third kappa shape index (κ3) is 1.74. The zero-order valence-corrected chi connectivity index (χ0v) is 11.5. The lowest BCUT2D eigenvalue weighted by Gasteiger charge is -2.04. The summed E-state index contributed by atoms with van der Waals surface area (Å²) in [6, 6.07) is 7.99. The van der Waals surface area contributed by atoms with E-state index in [1.807, 2.05) is 37.5 Å². The fraction of sp³-hybridized carbons (Fsp3) is 0.0625. The van der Waals surface area contributed by atoms with Gasteiger partial charge in [-0.1, -0.05) is 0 Å². The molecule has 0 atom stereocenters. The number of rotatable bonds is 1. The number of nitrogens with one attached hydrogen (secondary N) is 2. The average molecular weight is 276 g/mol. The van der Waals surface area contributed by atoms with E-state index in [-0.39, 0.29) is 0 Å². The molecular formula is C16H14N5+. The van der Waals surface area contributed by atoms with Crippen LogP contribution in [0.1, 0.15) is 5.69 Å². The zero-order valence-electron chi connectivity index (χ0n) is 11.5. The van der Waals surface area contributed by atoms with Gasteiger partial charge in [-0.2, -0.15) is 0 Å². The van der Waals surface area contributed by atoms with Gasteiger partial charge in [-0.25, -0.2) is 9.97 Å². The SMILES string of the molecule is Cc1ccc2c(-c3nccc4c(N)[nH+]ccc34)c[nH]c2n1. The largest absolute Gasteiger partial charge is 0.345 e. The van der Waals surface area contributed by atoms with Gasteiger partial charge >= 0.3 is 0 Å². The van der Waals surface area contributed by atoms with Crippen molar-refractivity contribution in [1.29, 1.82) is 0 Å². The summed E-state index contributed by atoms with van der Waals surface area (Å²) < 4.78 is 0. The van der Waals surface area contributed by atoms with Crippen LogP contribution in [0.3, 0.4) is 0 Å². The predicted octanol–water partition coefficient (Wildman–Crippen LogP) is 2.48. The van der Waals surface area contributed by atoms with E-state index in [0.29, 0.717) is 5.82 Å². The standard InChI is InChI=1S/C16H13N5/c1-9-2-3-12-13(8-20-16(12)21-9)14-10-4-7-19-15(17)11(10)5-6-18-14/h2-8H,1H3,(H2,17,19)(H,20,21)/p+1. The molecule has 0 amide bonds. The molecule has 0 aromatic carbocycles. The van der Waals surface area contributed by atoms with Gasteiger partial charge in [0.2, 0.25) is 0 Å².